The van der Waals surface area contributed by atoms with Crippen molar-refractivity contribution in [1.82, 2.24) is 0 Å². The van der Waals surface area contributed by atoms with Crippen molar-refractivity contribution in [3.05, 3.63) is 28.7 Å². The Morgan fingerprint density at radius 1 is 1.10 bits per heavy atom. The number of thioether (sulfide) groups is 1. The molecular weight excluding hydrogens is 307 g/mol. The van der Waals surface area contributed by atoms with Gasteiger partial charge in [-0.3, -0.25) is 0 Å². The van der Waals surface area contributed by atoms with E-state index >= 15 is 0 Å². The molecular formula is C13H18F3NO3S. The van der Waals surface area contributed by atoms with Gasteiger partial charge in [0.05, 0.1) is 19.8 Å². The maximum absolute atomic E-state index is 11.8. The van der Waals surface area contributed by atoms with Crippen molar-refractivity contribution in [2.45, 2.75) is 24.9 Å². The van der Waals surface area contributed by atoms with E-state index in [4.69, 9.17) is 4.74 Å². The molecule has 1 aromatic heterocycles. The smallest absolute Gasteiger partial charge is 0.411 e. The van der Waals surface area contributed by atoms with Crippen LogP contribution in [0.4, 0.5) is 13.2 Å². The SMILES string of the molecule is Cc1cc(SCCOCCOCC(F)(F)F)cc(C)[n+]1[O-]. The van der Waals surface area contributed by atoms with Gasteiger partial charge in [0.25, 0.3) is 0 Å². The van der Waals surface area contributed by atoms with Crippen molar-refractivity contribution in [3.63, 3.8) is 0 Å². The molecule has 0 saturated heterocycles. The van der Waals surface area contributed by atoms with Gasteiger partial charge in [0.15, 0.2) is 11.4 Å². The lowest BCUT2D eigenvalue weighted by molar-refractivity contribution is -0.619. The average Bonchev–Trinajstić information content (AvgIpc) is 2.37. The van der Waals surface area contributed by atoms with Gasteiger partial charge in [0, 0.05) is 36.6 Å². The van der Waals surface area contributed by atoms with E-state index in [0.717, 1.165) is 9.63 Å². The summed E-state index contributed by atoms with van der Waals surface area (Å²) in [7, 11) is 0. The summed E-state index contributed by atoms with van der Waals surface area (Å²) in [5.74, 6) is 0.654. The van der Waals surface area contributed by atoms with Crippen LogP contribution in [0.3, 0.4) is 0 Å². The predicted octanol–water partition coefficient (Wildman–Crippen LogP) is 2.62. The summed E-state index contributed by atoms with van der Waals surface area (Å²) >= 11 is 1.53. The summed E-state index contributed by atoms with van der Waals surface area (Å²) < 4.78 is 45.8. The first-order valence-corrected chi connectivity index (χ1v) is 7.34. The van der Waals surface area contributed by atoms with Gasteiger partial charge >= 0.3 is 6.18 Å². The highest BCUT2D eigenvalue weighted by Gasteiger charge is 2.27. The minimum atomic E-state index is -4.29. The van der Waals surface area contributed by atoms with Gasteiger partial charge in [-0.2, -0.15) is 17.9 Å². The summed E-state index contributed by atoms with van der Waals surface area (Å²) in [5, 5.41) is 11.5. The highest BCUT2D eigenvalue weighted by Crippen LogP contribution is 2.18. The zero-order valence-electron chi connectivity index (χ0n) is 11.9. The molecule has 0 spiro atoms. The average molecular weight is 325 g/mol. The van der Waals surface area contributed by atoms with Gasteiger partial charge < -0.3 is 14.7 Å². The highest BCUT2D eigenvalue weighted by molar-refractivity contribution is 7.99. The molecule has 1 heterocycles. The molecule has 0 aliphatic heterocycles. The van der Waals surface area contributed by atoms with Crippen LogP contribution in [0.1, 0.15) is 11.4 Å². The lowest BCUT2D eigenvalue weighted by Crippen LogP contribution is -2.33. The van der Waals surface area contributed by atoms with Crippen molar-refractivity contribution in [2.24, 2.45) is 0 Å². The minimum Gasteiger partial charge on any atom is -0.618 e. The molecule has 0 aliphatic carbocycles. The molecule has 0 saturated carbocycles. The fourth-order valence-electron chi connectivity index (χ4n) is 1.56. The fourth-order valence-corrected chi connectivity index (χ4v) is 2.50. The minimum absolute atomic E-state index is 0.0795. The Bertz CT molecular complexity index is 432. The van der Waals surface area contributed by atoms with E-state index in [-0.39, 0.29) is 13.2 Å². The number of hydrogen-bond acceptors (Lipinski definition) is 4. The Morgan fingerprint density at radius 2 is 1.67 bits per heavy atom. The normalized spacial score (nSPS) is 11.9. The van der Waals surface area contributed by atoms with E-state index in [9.17, 15) is 18.4 Å². The molecule has 21 heavy (non-hydrogen) atoms. The molecule has 1 aromatic rings. The molecule has 0 unspecified atom stereocenters. The van der Waals surface area contributed by atoms with E-state index in [1.165, 1.54) is 11.8 Å². The van der Waals surface area contributed by atoms with Crippen molar-refractivity contribution < 1.29 is 27.4 Å². The van der Waals surface area contributed by atoms with Crippen LogP contribution in [0.15, 0.2) is 17.0 Å². The van der Waals surface area contributed by atoms with Crippen LogP contribution in [0.25, 0.3) is 0 Å². The van der Waals surface area contributed by atoms with Gasteiger partial charge in [0.1, 0.15) is 6.61 Å². The number of aromatic nitrogens is 1. The molecule has 0 N–H and O–H groups in total. The topological polar surface area (TPSA) is 45.4 Å². The van der Waals surface area contributed by atoms with Crippen molar-refractivity contribution in [2.75, 3.05) is 32.2 Å². The third-order valence-corrected chi connectivity index (χ3v) is 3.42. The molecule has 8 heteroatoms. The number of aryl methyl sites for hydroxylation is 2. The Labute approximate surface area is 125 Å². The standard InChI is InChI=1S/C13H18F3NO3S/c1-10-7-12(8-11(2)17(10)18)21-6-5-19-3-4-20-9-13(14,15)16/h7-8H,3-6,9H2,1-2H3. The second-order valence-corrected chi connectivity index (χ2v) is 5.57. The molecule has 0 aromatic carbocycles. The van der Waals surface area contributed by atoms with Gasteiger partial charge in [0.2, 0.25) is 0 Å². The molecule has 0 aliphatic rings. The highest BCUT2D eigenvalue weighted by atomic mass is 32.2. The summed E-state index contributed by atoms with van der Waals surface area (Å²) in [4.78, 5) is 0.967. The molecule has 0 radical (unpaired) electrons. The molecule has 0 fully saturated rings. The number of pyridine rings is 1. The lowest BCUT2D eigenvalue weighted by Gasteiger charge is -2.09. The van der Waals surface area contributed by atoms with Gasteiger partial charge in [-0.05, 0) is 0 Å². The number of rotatable bonds is 8. The molecule has 1 rings (SSSR count). The van der Waals surface area contributed by atoms with Crippen molar-refractivity contribution in [1.29, 1.82) is 0 Å². The Morgan fingerprint density at radius 3 is 2.24 bits per heavy atom. The van der Waals surface area contributed by atoms with E-state index in [1.54, 1.807) is 26.0 Å². The van der Waals surface area contributed by atoms with Gasteiger partial charge in [-0.25, -0.2) is 0 Å². The third-order valence-electron chi connectivity index (χ3n) is 2.48. The first-order valence-electron chi connectivity index (χ1n) is 6.35. The lowest BCUT2D eigenvalue weighted by atomic mass is 10.3. The molecule has 0 atom stereocenters. The van der Waals surface area contributed by atoms with E-state index in [0.29, 0.717) is 23.7 Å². The van der Waals surface area contributed by atoms with Crippen LogP contribution in [0.5, 0.6) is 0 Å². The van der Waals surface area contributed by atoms with Crippen LogP contribution in [0, 0.1) is 19.1 Å². The maximum Gasteiger partial charge on any atom is 0.411 e. The first kappa shape index (κ1) is 18.1. The third kappa shape index (κ3) is 7.54. The number of halogens is 3. The van der Waals surface area contributed by atoms with E-state index in [2.05, 4.69) is 4.74 Å². The monoisotopic (exact) mass is 325 g/mol. The van der Waals surface area contributed by atoms with Crippen LogP contribution >= 0.6 is 11.8 Å². The van der Waals surface area contributed by atoms with E-state index in [1.807, 2.05) is 0 Å². The van der Waals surface area contributed by atoms with E-state index < -0.39 is 12.8 Å². The second kappa shape index (κ2) is 8.45. The number of nitrogens with zero attached hydrogens (tertiary/aromatic N) is 1. The van der Waals surface area contributed by atoms with Gasteiger partial charge in [-0.15, -0.1) is 11.8 Å². The van der Waals surface area contributed by atoms with Crippen LogP contribution in [-0.2, 0) is 9.47 Å². The molecule has 4 nitrogen and oxygen atoms in total. The Balaban J connectivity index is 2.12. The number of hydrogen-bond donors (Lipinski definition) is 0. The Kier molecular flexibility index (Phi) is 7.27. The predicted molar refractivity (Wildman–Crippen MR) is 73.3 cm³/mol. The first-order chi connectivity index (χ1) is 9.79. The largest absolute Gasteiger partial charge is 0.618 e. The van der Waals surface area contributed by atoms with Crippen molar-refractivity contribution >= 4 is 11.8 Å². The van der Waals surface area contributed by atoms with Crippen molar-refractivity contribution in [3.8, 4) is 0 Å². The summed E-state index contributed by atoms with van der Waals surface area (Å²) in [5.41, 5.74) is 1.25. The van der Waals surface area contributed by atoms with Gasteiger partial charge in [-0.1, -0.05) is 0 Å². The quantitative estimate of drug-likeness (QED) is 0.319. The van der Waals surface area contributed by atoms with Crippen LogP contribution in [0.2, 0.25) is 0 Å². The van der Waals surface area contributed by atoms with Crippen LogP contribution < -0.4 is 4.73 Å². The van der Waals surface area contributed by atoms with Crippen LogP contribution in [-0.4, -0.2) is 38.4 Å². The second-order valence-electron chi connectivity index (χ2n) is 4.40. The number of ether oxygens (including phenoxy) is 2. The fraction of sp³-hybridized carbons (Fsp3) is 0.615. The summed E-state index contributed by atoms with van der Waals surface area (Å²) in [6.07, 6.45) is -4.29. The molecule has 120 valence electrons. The summed E-state index contributed by atoms with van der Waals surface area (Å²) in [6, 6.07) is 3.58. The molecule has 0 bridgehead atoms. The maximum atomic E-state index is 11.8. The zero-order valence-corrected chi connectivity index (χ0v) is 12.7. The zero-order chi connectivity index (χ0) is 15.9. The number of alkyl halides is 3. The molecule has 0 amide bonds. The Hall–Kier alpha value is -0.990. The summed E-state index contributed by atoms with van der Waals surface area (Å²) in [6.45, 7) is 2.68.